The van der Waals surface area contributed by atoms with Crippen LogP contribution in [0.25, 0.3) is 0 Å². The zero-order valence-corrected chi connectivity index (χ0v) is 23.6. The molecule has 10 heteroatoms. The Balaban J connectivity index is 2.18. The Kier molecular flexibility index (Phi) is 8.09. The third-order valence-electron chi connectivity index (χ3n) is 5.66. The molecule has 3 rings (SSSR count). The van der Waals surface area contributed by atoms with Gasteiger partial charge in [0.05, 0.1) is 6.10 Å². The maximum atomic E-state index is 13.1. The average Bonchev–Trinajstić information content (AvgIpc) is 2.78. The first-order valence-corrected chi connectivity index (χ1v) is 15.2. The summed E-state index contributed by atoms with van der Waals surface area (Å²) in [5.41, 5.74) is -5.33. The van der Waals surface area contributed by atoms with Crippen LogP contribution in [0.4, 0.5) is 13.2 Å². The Morgan fingerprint density at radius 1 is 0.857 bits per heavy atom. The van der Waals surface area contributed by atoms with Crippen molar-refractivity contribution in [1.29, 1.82) is 0 Å². The Morgan fingerprint density at radius 2 is 1.34 bits per heavy atom. The lowest BCUT2D eigenvalue weighted by Gasteiger charge is -2.44. The van der Waals surface area contributed by atoms with Crippen LogP contribution >= 0.6 is 22.6 Å². The molecule has 4 nitrogen and oxygen atoms in total. The first kappa shape index (κ1) is 27.7. The second-order valence-corrected chi connectivity index (χ2v) is 16.1. The van der Waals surface area contributed by atoms with Gasteiger partial charge >= 0.3 is 15.6 Å². The van der Waals surface area contributed by atoms with E-state index >= 15 is 0 Å². The van der Waals surface area contributed by atoms with Crippen molar-refractivity contribution in [3.63, 3.8) is 0 Å². The average molecular weight is 635 g/mol. The Hall–Kier alpha value is -1.89. The molecule has 0 saturated carbocycles. The van der Waals surface area contributed by atoms with Crippen LogP contribution in [0, 0.1) is 3.57 Å². The summed E-state index contributed by atoms with van der Waals surface area (Å²) >= 11 is 2.01. The molecule has 3 aromatic carbocycles. The minimum atomic E-state index is -5.84. The fourth-order valence-corrected chi connectivity index (χ4v) is 9.77. The monoisotopic (exact) mass is 634 g/mol. The molecule has 188 valence electrons. The highest BCUT2D eigenvalue weighted by Gasteiger charge is 2.52. The van der Waals surface area contributed by atoms with E-state index in [1.54, 1.807) is 13.0 Å². The number of hydrogen-bond acceptors (Lipinski definition) is 4. The Morgan fingerprint density at radius 3 is 1.77 bits per heavy atom. The van der Waals surface area contributed by atoms with Crippen molar-refractivity contribution in [3.05, 3.63) is 88.0 Å². The van der Waals surface area contributed by atoms with E-state index in [0.717, 1.165) is 10.4 Å². The van der Waals surface area contributed by atoms with Gasteiger partial charge in [-0.15, -0.1) is 0 Å². The fourth-order valence-electron chi connectivity index (χ4n) is 4.10. The van der Waals surface area contributed by atoms with Gasteiger partial charge < -0.3 is 8.61 Å². The van der Waals surface area contributed by atoms with Crippen LogP contribution < -0.4 is 14.6 Å². The summed E-state index contributed by atoms with van der Waals surface area (Å²) in [6, 6.07) is 23.8. The van der Waals surface area contributed by atoms with Crippen molar-refractivity contribution in [1.82, 2.24) is 0 Å². The van der Waals surface area contributed by atoms with Gasteiger partial charge in [-0.25, -0.2) is 0 Å². The van der Waals surface area contributed by atoms with E-state index in [0.29, 0.717) is 3.57 Å². The smallest absolute Gasteiger partial charge is 0.401 e. The molecule has 1 unspecified atom stereocenters. The summed E-state index contributed by atoms with van der Waals surface area (Å²) in [5, 5.41) is 1.59. The van der Waals surface area contributed by atoms with E-state index < -0.39 is 35.8 Å². The third kappa shape index (κ3) is 5.76. The van der Waals surface area contributed by atoms with E-state index in [1.165, 1.54) is 12.1 Å². The molecule has 0 heterocycles. The van der Waals surface area contributed by atoms with Crippen LogP contribution in [0.1, 0.15) is 39.4 Å². The quantitative estimate of drug-likeness (QED) is 0.135. The molecule has 1 atom stereocenters. The normalized spacial score (nSPS) is 13.9. The predicted octanol–water partition coefficient (Wildman–Crippen LogP) is 6.16. The van der Waals surface area contributed by atoms with Crippen LogP contribution in [0.3, 0.4) is 0 Å². The van der Waals surface area contributed by atoms with Gasteiger partial charge in [-0.05, 0) is 63.1 Å². The molecule has 0 aliphatic rings. The molecule has 35 heavy (non-hydrogen) atoms. The van der Waals surface area contributed by atoms with Crippen LogP contribution in [-0.4, -0.2) is 22.2 Å². The van der Waals surface area contributed by atoms with Gasteiger partial charge in [0.15, 0.2) is 0 Å². The minimum Gasteiger partial charge on any atom is -0.401 e. The molecule has 0 amide bonds. The van der Waals surface area contributed by atoms with Gasteiger partial charge in [-0.3, -0.25) is 0 Å². The molecular weight excluding hydrogens is 608 g/mol. The van der Waals surface area contributed by atoms with Gasteiger partial charge in [-0.1, -0.05) is 81.4 Å². The summed E-state index contributed by atoms with van der Waals surface area (Å²) in [4.78, 5) is 0. The highest BCUT2D eigenvalue weighted by molar-refractivity contribution is 14.1. The second kappa shape index (κ2) is 10.2. The molecule has 0 aromatic heterocycles. The largest absolute Gasteiger partial charge is 0.534 e. The number of hydrogen-bond donors (Lipinski definition) is 0. The van der Waals surface area contributed by atoms with Gasteiger partial charge in [-0.2, -0.15) is 21.6 Å². The fraction of sp³-hybridized carbons (Fsp3) is 0.280. The van der Waals surface area contributed by atoms with E-state index in [9.17, 15) is 21.6 Å². The molecule has 3 aromatic rings. The van der Waals surface area contributed by atoms with Gasteiger partial charge in [0, 0.05) is 9.13 Å². The topological polar surface area (TPSA) is 52.6 Å². The van der Waals surface area contributed by atoms with Gasteiger partial charge in [0.25, 0.3) is 8.32 Å². The van der Waals surface area contributed by atoms with Crippen molar-refractivity contribution in [3.8, 4) is 5.75 Å². The van der Waals surface area contributed by atoms with Crippen LogP contribution in [0.2, 0.25) is 5.04 Å². The number of benzene rings is 3. The molecule has 0 spiro atoms. The summed E-state index contributed by atoms with van der Waals surface area (Å²) in [7, 11) is -8.90. The Bertz CT molecular complexity index is 1220. The zero-order chi connectivity index (χ0) is 26.1. The molecule has 0 saturated heterocycles. The SMILES string of the molecule is CC(O[Si](c1ccccc1)(c1ccccc1)C(C)(C)C)c1cc(I)ccc1OS(=O)(=O)C(F)(F)F. The van der Waals surface area contributed by atoms with Crippen molar-refractivity contribution < 1.29 is 30.2 Å². The van der Waals surface area contributed by atoms with Crippen molar-refractivity contribution in [2.45, 2.75) is 44.3 Å². The van der Waals surface area contributed by atoms with Crippen LogP contribution in [0.15, 0.2) is 78.9 Å². The highest BCUT2D eigenvalue weighted by Crippen LogP contribution is 2.42. The lowest BCUT2D eigenvalue weighted by molar-refractivity contribution is -0.0500. The van der Waals surface area contributed by atoms with Crippen molar-refractivity contribution in [2.75, 3.05) is 0 Å². The minimum absolute atomic E-state index is 0.220. The molecule has 0 bridgehead atoms. The van der Waals surface area contributed by atoms with E-state index in [4.69, 9.17) is 4.43 Å². The second-order valence-electron chi connectivity index (χ2n) is 9.09. The van der Waals surface area contributed by atoms with Gasteiger partial charge in [0.2, 0.25) is 0 Å². The zero-order valence-electron chi connectivity index (χ0n) is 19.6. The predicted molar refractivity (Wildman–Crippen MR) is 142 cm³/mol. The van der Waals surface area contributed by atoms with Crippen molar-refractivity contribution in [2.24, 2.45) is 0 Å². The maximum Gasteiger partial charge on any atom is 0.534 e. The molecular formula is C25H26F3IO4SSi. The number of alkyl halides is 3. The molecule has 0 aliphatic carbocycles. The van der Waals surface area contributed by atoms with Crippen LogP contribution in [0.5, 0.6) is 5.75 Å². The van der Waals surface area contributed by atoms with Crippen molar-refractivity contribution >= 4 is 51.4 Å². The van der Waals surface area contributed by atoms with Gasteiger partial charge in [0.1, 0.15) is 5.75 Å². The summed E-state index contributed by atoms with van der Waals surface area (Å²) < 4.78 is 75.0. The lowest BCUT2D eigenvalue weighted by atomic mass is 10.1. The highest BCUT2D eigenvalue weighted by atomic mass is 127. The Labute approximate surface area is 218 Å². The third-order valence-corrected chi connectivity index (χ3v) is 12.4. The maximum absolute atomic E-state index is 13.1. The summed E-state index contributed by atoms with van der Waals surface area (Å²) in [6.45, 7) is 7.93. The van der Waals surface area contributed by atoms with E-state index in [-0.39, 0.29) is 10.6 Å². The van der Waals surface area contributed by atoms with Crippen LogP contribution in [-0.2, 0) is 14.5 Å². The summed E-state index contributed by atoms with van der Waals surface area (Å²) in [5.74, 6) is -0.409. The number of halogens is 4. The van der Waals surface area contributed by atoms with E-state index in [1.807, 2.05) is 83.3 Å². The number of rotatable bonds is 7. The molecule has 0 aliphatic heterocycles. The molecule has 0 N–H and O–H groups in total. The first-order chi connectivity index (χ1) is 16.2. The molecule has 0 radical (unpaired) electrons. The van der Waals surface area contributed by atoms with E-state index in [2.05, 4.69) is 25.0 Å². The first-order valence-electron chi connectivity index (χ1n) is 10.8. The standard InChI is InChI=1S/C25H26F3IO4SSi/c1-18(22-17-19(29)15-16-23(22)32-34(30,31)25(26,27)28)33-35(24(2,3)4,20-11-7-5-8-12-20)21-13-9-6-10-14-21/h5-18H,1-4H3. The lowest BCUT2D eigenvalue weighted by Crippen LogP contribution is -2.66. The summed E-state index contributed by atoms with van der Waals surface area (Å²) in [6.07, 6.45) is -0.783. The molecule has 0 fully saturated rings.